The monoisotopic (exact) mass is 230 g/mol. The fourth-order valence-corrected chi connectivity index (χ4v) is 1.98. The number of aromatic amines is 1. The van der Waals surface area contributed by atoms with Gasteiger partial charge in [0.15, 0.2) is 5.60 Å². The summed E-state index contributed by atoms with van der Waals surface area (Å²) in [4.78, 5) is 7.20. The molecule has 2 aromatic rings. The summed E-state index contributed by atoms with van der Waals surface area (Å²) in [5, 5.41) is 10.3. The van der Waals surface area contributed by atoms with Gasteiger partial charge >= 0.3 is 0 Å². The maximum Gasteiger partial charge on any atom is 0.177 e. The molecule has 1 aliphatic rings. The molecule has 0 radical (unpaired) electrons. The van der Waals surface area contributed by atoms with Gasteiger partial charge in [0.1, 0.15) is 11.7 Å². The predicted octanol–water partition coefficient (Wildman–Crippen LogP) is 2.56. The molecule has 4 heteroatoms. The van der Waals surface area contributed by atoms with Crippen LogP contribution in [0.5, 0.6) is 0 Å². The highest BCUT2D eigenvalue weighted by molar-refractivity contribution is 5.75. The van der Waals surface area contributed by atoms with Crippen LogP contribution in [0.2, 0.25) is 0 Å². The molecule has 1 aromatic heterocycles. The Bertz CT molecular complexity index is 596. The first-order chi connectivity index (χ1) is 8.20. The van der Waals surface area contributed by atoms with E-state index in [1.54, 1.807) is 12.2 Å². The van der Waals surface area contributed by atoms with Gasteiger partial charge in [-0.1, -0.05) is 24.3 Å². The number of para-hydroxylation sites is 2. The van der Waals surface area contributed by atoms with E-state index >= 15 is 0 Å². The van der Waals surface area contributed by atoms with E-state index in [1.165, 1.54) is 6.08 Å². The van der Waals surface area contributed by atoms with E-state index < -0.39 is 11.4 Å². The molecule has 1 atom stereocenters. The summed E-state index contributed by atoms with van der Waals surface area (Å²) in [6.45, 7) is 0. The number of aromatic nitrogens is 2. The quantitative estimate of drug-likeness (QED) is 0.791. The summed E-state index contributed by atoms with van der Waals surface area (Å²) in [6, 6.07) is 7.37. The van der Waals surface area contributed by atoms with Crippen molar-refractivity contribution in [1.82, 2.24) is 9.97 Å². The standard InChI is InChI=1S/C13H11FN2O/c14-11-7-3-4-8-13(11,17)12-15-9-5-1-2-6-10(9)16-12/h1-7,17H,8H2,(H,15,16). The Balaban J connectivity index is 2.15. The van der Waals surface area contributed by atoms with Crippen LogP contribution in [0.1, 0.15) is 12.2 Å². The van der Waals surface area contributed by atoms with Gasteiger partial charge in [0.2, 0.25) is 0 Å². The van der Waals surface area contributed by atoms with Gasteiger partial charge in [-0.2, -0.15) is 0 Å². The number of hydrogen-bond acceptors (Lipinski definition) is 2. The van der Waals surface area contributed by atoms with Crippen molar-refractivity contribution in [3.8, 4) is 0 Å². The average Bonchev–Trinajstić information content (AvgIpc) is 2.77. The molecule has 3 nitrogen and oxygen atoms in total. The Labute approximate surface area is 97.3 Å². The largest absolute Gasteiger partial charge is 0.375 e. The second-order valence-electron chi connectivity index (χ2n) is 4.11. The fourth-order valence-electron chi connectivity index (χ4n) is 1.98. The molecule has 1 heterocycles. The van der Waals surface area contributed by atoms with E-state index in [0.29, 0.717) is 0 Å². The number of benzene rings is 1. The normalized spacial score (nSPS) is 24.0. The smallest absolute Gasteiger partial charge is 0.177 e. The van der Waals surface area contributed by atoms with Crippen LogP contribution in [0, 0.1) is 0 Å². The lowest BCUT2D eigenvalue weighted by atomic mass is 9.93. The lowest BCUT2D eigenvalue weighted by molar-refractivity contribution is 0.0456. The van der Waals surface area contributed by atoms with Gasteiger partial charge < -0.3 is 10.1 Å². The molecule has 3 rings (SSSR count). The molecule has 0 saturated carbocycles. The van der Waals surface area contributed by atoms with Gasteiger partial charge in [-0.3, -0.25) is 0 Å². The highest BCUT2D eigenvalue weighted by Gasteiger charge is 2.37. The minimum absolute atomic E-state index is 0.190. The van der Waals surface area contributed by atoms with E-state index in [4.69, 9.17) is 0 Å². The summed E-state index contributed by atoms with van der Waals surface area (Å²) in [5.74, 6) is -0.337. The van der Waals surface area contributed by atoms with Gasteiger partial charge in [-0.25, -0.2) is 9.37 Å². The van der Waals surface area contributed by atoms with E-state index in [1.807, 2.05) is 24.3 Å². The lowest BCUT2D eigenvalue weighted by Gasteiger charge is -2.24. The number of allylic oxidation sites excluding steroid dienone is 2. The van der Waals surface area contributed by atoms with Gasteiger partial charge in [0.05, 0.1) is 11.0 Å². The number of aliphatic hydroxyl groups is 1. The van der Waals surface area contributed by atoms with Crippen molar-refractivity contribution in [2.24, 2.45) is 0 Å². The summed E-state index contributed by atoms with van der Waals surface area (Å²) in [7, 11) is 0. The SMILES string of the molecule is OC1(c2nc3ccccc3[nH]2)CC=CC=C1F. The number of rotatable bonds is 1. The molecular formula is C13H11FN2O. The third kappa shape index (κ3) is 1.49. The average molecular weight is 230 g/mol. The molecule has 86 valence electrons. The zero-order valence-electron chi connectivity index (χ0n) is 9.02. The van der Waals surface area contributed by atoms with Crippen LogP contribution in [-0.2, 0) is 5.60 Å². The molecule has 2 N–H and O–H groups in total. The third-order valence-electron chi connectivity index (χ3n) is 2.97. The molecule has 17 heavy (non-hydrogen) atoms. The highest BCUT2D eigenvalue weighted by Crippen LogP contribution is 2.35. The van der Waals surface area contributed by atoms with E-state index in [9.17, 15) is 9.50 Å². The van der Waals surface area contributed by atoms with Crippen molar-refractivity contribution in [2.45, 2.75) is 12.0 Å². The number of fused-ring (bicyclic) bond motifs is 1. The first kappa shape index (κ1) is 10.2. The Morgan fingerprint density at radius 2 is 2.18 bits per heavy atom. The van der Waals surface area contributed by atoms with Gasteiger partial charge in [0.25, 0.3) is 0 Å². The van der Waals surface area contributed by atoms with Crippen LogP contribution in [0.4, 0.5) is 4.39 Å². The van der Waals surface area contributed by atoms with Crippen LogP contribution in [0.3, 0.4) is 0 Å². The molecule has 0 amide bonds. The van der Waals surface area contributed by atoms with Crippen molar-refractivity contribution in [1.29, 1.82) is 0 Å². The number of H-pyrrole nitrogens is 1. The molecule has 0 aliphatic heterocycles. The zero-order valence-corrected chi connectivity index (χ0v) is 9.02. The molecule has 0 bridgehead atoms. The number of nitrogens with zero attached hydrogens (tertiary/aromatic N) is 1. The van der Waals surface area contributed by atoms with Crippen LogP contribution >= 0.6 is 0 Å². The first-order valence-corrected chi connectivity index (χ1v) is 5.40. The number of halogens is 1. The number of imidazole rings is 1. The second kappa shape index (κ2) is 3.53. The van der Waals surface area contributed by atoms with Crippen molar-refractivity contribution < 1.29 is 9.50 Å². The second-order valence-corrected chi connectivity index (χ2v) is 4.11. The topological polar surface area (TPSA) is 48.9 Å². The summed E-state index contributed by atoms with van der Waals surface area (Å²) in [5.41, 5.74) is -0.148. The number of hydrogen-bond donors (Lipinski definition) is 2. The van der Waals surface area contributed by atoms with E-state index in [-0.39, 0.29) is 12.2 Å². The zero-order chi connectivity index (χ0) is 11.9. The Hall–Kier alpha value is -1.94. The van der Waals surface area contributed by atoms with Gasteiger partial charge in [-0.05, 0) is 18.2 Å². The van der Waals surface area contributed by atoms with E-state index in [0.717, 1.165) is 11.0 Å². The number of nitrogens with one attached hydrogen (secondary N) is 1. The van der Waals surface area contributed by atoms with Crippen molar-refractivity contribution in [2.75, 3.05) is 0 Å². The first-order valence-electron chi connectivity index (χ1n) is 5.40. The molecule has 0 saturated heterocycles. The van der Waals surface area contributed by atoms with Crippen molar-refractivity contribution >= 4 is 11.0 Å². The Morgan fingerprint density at radius 3 is 2.94 bits per heavy atom. The van der Waals surface area contributed by atoms with Crippen LogP contribution in [0.25, 0.3) is 11.0 Å². The van der Waals surface area contributed by atoms with Crippen LogP contribution in [-0.4, -0.2) is 15.1 Å². The Kier molecular flexibility index (Phi) is 2.12. The summed E-state index contributed by atoms with van der Waals surface area (Å²) in [6.07, 6.45) is 4.76. The minimum Gasteiger partial charge on any atom is -0.375 e. The summed E-state index contributed by atoms with van der Waals surface area (Å²) < 4.78 is 13.7. The molecular weight excluding hydrogens is 219 g/mol. The van der Waals surface area contributed by atoms with Crippen LogP contribution in [0.15, 0.2) is 48.3 Å². The van der Waals surface area contributed by atoms with Crippen LogP contribution < -0.4 is 0 Å². The minimum atomic E-state index is -1.66. The van der Waals surface area contributed by atoms with Crippen molar-refractivity contribution in [3.63, 3.8) is 0 Å². The molecule has 1 unspecified atom stereocenters. The lowest BCUT2D eigenvalue weighted by Crippen LogP contribution is -2.28. The highest BCUT2D eigenvalue weighted by atomic mass is 19.1. The molecule has 1 aliphatic carbocycles. The fraction of sp³-hybridized carbons (Fsp3) is 0.154. The van der Waals surface area contributed by atoms with Crippen molar-refractivity contribution in [3.05, 3.63) is 54.1 Å². The molecule has 0 fully saturated rings. The van der Waals surface area contributed by atoms with Gasteiger partial charge in [0, 0.05) is 6.42 Å². The maximum atomic E-state index is 13.7. The maximum absolute atomic E-state index is 13.7. The molecule has 1 aromatic carbocycles. The molecule has 0 spiro atoms. The third-order valence-corrected chi connectivity index (χ3v) is 2.97. The predicted molar refractivity (Wildman–Crippen MR) is 62.9 cm³/mol. The summed E-state index contributed by atoms with van der Waals surface area (Å²) >= 11 is 0. The Morgan fingerprint density at radius 1 is 1.35 bits per heavy atom. The van der Waals surface area contributed by atoms with E-state index in [2.05, 4.69) is 9.97 Å². The van der Waals surface area contributed by atoms with Gasteiger partial charge in [-0.15, -0.1) is 0 Å².